The summed E-state index contributed by atoms with van der Waals surface area (Å²) in [5.74, 6) is -0.201. The molecule has 0 bridgehead atoms. The number of hydrogen-bond donors (Lipinski definition) is 1. The van der Waals surface area contributed by atoms with E-state index in [1.54, 1.807) is 4.90 Å². The van der Waals surface area contributed by atoms with E-state index in [2.05, 4.69) is 17.4 Å². The molecule has 1 saturated heterocycles. The molecule has 1 unspecified atom stereocenters. The maximum Gasteiger partial charge on any atom is 0.225 e. The number of hydrogen-bond acceptors (Lipinski definition) is 2. The number of rotatable bonds is 6. The van der Waals surface area contributed by atoms with Crippen LogP contribution < -0.4 is 5.32 Å². The summed E-state index contributed by atoms with van der Waals surface area (Å²) in [5.41, 5.74) is 3.50. The van der Waals surface area contributed by atoms with Crippen molar-refractivity contribution in [2.24, 2.45) is 5.92 Å². The highest BCUT2D eigenvalue weighted by Gasteiger charge is 2.33. The van der Waals surface area contributed by atoms with Gasteiger partial charge in [-0.1, -0.05) is 60.2 Å². The van der Waals surface area contributed by atoms with Gasteiger partial charge >= 0.3 is 0 Å². The lowest BCUT2D eigenvalue weighted by molar-refractivity contribution is -0.129. The van der Waals surface area contributed by atoms with E-state index in [1.807, 2.05) is 49.4 Å². The Morgan fingerprint density at radius 3 is 2.52 bits per heavy atom. The smallest absolute Gasteiger partial charge is 0.225 e. The Morgan fingerprint density at radius 1 is 1.08 bits per heavy atom. The Bertz CT molecular complexity index is 725. The SMILES string of the molecule is Cc1ccc(CN2CC(C(=O)NCCc3ccccc3)CC2=O)cc1. The normalized spacial score (nSPS) is 16.9. The summed E-state index contributed by atoms with van der Waals surface area (Å²) in [7, 11) is 0. The summed E-state index contributed by atoms with van der Waals surface area (Å²) in [5, 5.41) is 2.97. The van der Waals surface area contributed by atoms with E-state index in [-0.39, 0.29) is 17.7 Å². The van der Waals surface area contributed by atoms with Crippen LogP contribution in [0.5, 0.6) is 0 Å². The highest BCUT2D eigenvalue weighted by atomic mass is 16.2. The number of aryl methyl sites for hydroxylation is 1. The third kappa shape index (κ3) is 4.69. The second-order valence-corrected chi connectivity index (χ2v) is 6.69. The fraction of sp³-hybridized carbons (Fsp3) is 0.333. The van der Waals surface area contributed by atoms with Gasteiger partial charge in [0.05, 0.1) is 5.92 Å². The molecule has 2 amide bonds. The van der Waals surface area contributed by atoms with Gasteiger partial charge in [-0.25, -0.2) is 0 Å². The molecule has 0 saturated carbocycles. The molecule has 1 heterocycles. The summed E-state index contributed by atoms with van der Waals surface area (Å²) < 4.78 is 0. The van der Waals surface area contributed by atoms with Gasteiger partial charge in [0.25, 0.3) is 0 Å². The monoisotopic (exact) mass is 336 g/mol. The maximum absolute atomic E-state index is 12.3. The summed E-state index contributed by atoms with van der Waals surface area (Å²) in [6, 6.07) is 18.2. The zero-order chi connectivity index (χ0) is 17.6. The number of benzene rings is 2. The van der Waals surface area contributed by atoms with Gasteiger partial charge in [-0.05, 0) is 24.5 Å². The average molecular weight is 336 g/mol. The molecule has 3 rings (SSSR count). The van der Waals surface area contributed by atoms with E-state index in [9.17, 15) is 9.59 Å². The van der Waals surface area contributed by atoms with Crippen LogP contribution in [-0.2, 0) is 22.6 Å². The van der Waals surface area contributed by atoms with Crippen LogP contribution in [0.2, 0.25) is 0 Å². The molecule has 1 fully saturated rings. The van der Waals surface area contributed by atoms with Gasteiger partial charge in [0.15, 0.2) is 0 Å². The summed E-state index contributed by atoms with van der Waals surface area (Å²) in [6.45, 7) is 3.73. The lowest BCUT2D eigenvalue weighted by Gasteiger charge is -2.17. The van der Waals surface area contributed by atoms with Crippen molar-refractivity contribution in [1.82, 2.24) is 10.2 Å². The fourth-order valence-corrected chi connectivity index (χ4v) is 3.13. The standard InChI is InChI=1S/C21H24N2O2/c1-16-7-9-18(10-8-16)14-23-15-19(13-20(23)24)21(25)22-12-11-17-5-3-2-4-6-17/h2-10,19H,11-15H2,1H3,(H,22,25). The van der Waals surface area contributed by atoms with Gasteiger partial charge in [-0.3, -0.25) is 9.59 Å². The van der Waals surface area contributed by atoms with E-state index in [0.29, 0.717) is 26.1 Å². The average Bonchev–Trinajstić information content (AvgIpc) is 2.99. The second-order valence-electron chi connectivity index (χ2n) is 6.69. The first kappa shape index (κ1) is 17.2. The first-order valence-corrected chi connectivity index (χ1v) is 8.77. The number of nitrogens with one attached hydrogen (secondary N) is 1. The van der Waals surface area contributed by atoms with Crippen LogP contribution in [0.15, 0.2) is 54.6 Å². The molecule has 0 spiro atoms. The molecule has 1 aliphatic heterocycles. The van der Waals surface area contributed by atoms with Crippen LogP contribution in [0.25, 0.3) is 0 Å². The largest absolute Gasteiger partial charge is 0.355 e. The fourth-order valence-electron chi connectivity index (χ4n) is 3.13. The summed E-state index contributed by atoms with van der Waals surface area (Å²) in [6.07, 6.45) is 1.11. The molecule has 0 radical (unpaired) electrons. The Hall–Kier alpha value is -2.62. The molecule has 1 atom stereocenters. The van der Waals surface area contributed by atoms with Crippen LogP contribution in [0.3, 0.4) is 0 Å². The van der Waals surface area contributed by atoms with Gasteiger partial charge in [0.2, 0.25) is 11.8 Å². The molecule has 25 heavy (non-hydrogen) atoms. The van der Waals surface area contributed by atoms with E-state index in [4.69, 9.17) is 0 Å². The summed E-state index contributed by atoms with van der Waals surface area (Å²) in [4.78, 5) is 26.3. The van der Waals surface area contributed by atoms with E-state index >= 15 is 0 Å². The van der Waals surface area contributed by atoms with Gasteiger partial charge in [0, 0.05) is 26.1 Å². The van der Waals surface area contributed by atoms with Crippen molar-refractivity contribution in [2.75, 3.05) is 13.1 Å². The van der Waals surface area contributed by atoms with Crippen molar-refractivity contribution in [3.63, 3.8) is 0 Å². The third-order valence-corrected chi connectivity index (χ3v) is 4.64. The number of nitrogens with zero attached hydrogens (tertiary/aromatic N) is 1. The number of carbonyl (C=O) groups is 2. The highest BCUT2D eigenvalue weighted by molar-refractivity contribution is 5.89. The molecule has 2 aromatic carbocycles. The van der Waals surface area contributed by atoms with Crippen molar-refractivity contribution >= 4 is 11.8 Å². The van der Waals surface area contributed by atoms with Gasteiger partial charge in [-0.2, -0.15) is 0 Å². The molecule has 4 heteroatoms. The lowest BCUT2D eigenvalue weighted by Crippen LogP contribution is -2.34. The quantitative estimate of drug-likeness (QED) is 0.882. The van der Waals surface area contributed by atoms with Gasteiger partial charge in [0.1, 0.15) is 0 Å². The third-order valence-electron chi connectivity index (χ3n) is 4.64. The first-order valence-electron chi connectivity index (χ1n) is 8.77. The summed E-state index contributed by atoms with van der Waals surface area (Å²) >= 11 is 0. The predicted molar refractivity (Wildman–Crippen MR) is 97.9 cm³/mol. The number of likely N-dealkylation sites (tertiary alicyclic amines) is 1. The first-order chi connectivity index (χ1) is 12.1. The lowest BCUT2D eigenvalue weighted by atomic mass is 10.1. The van der Waals surface area contributed by atoms with Crippen molar-refractivity contribution in [2.45, 2.75) is 26.3 Å². The number of amides is 2. The minimum Gasteiger partial charge on any atom is -0.355 e. The molecular weight excluding hydrogens is 312 g/mol. The van der Waals surface area contributed by atoms with Crippen molar-refractivity contribution in [1.29, 1.82) is 0 Å². The van der Waals surface area contributed by atoms with E-state index in [1.165, 1.54) is 11.1 Å². The van der Waals surface area contributed by atoms with Gasteiger partial charge in [-0.15, -0.1) is 0 Å². The molecule has 4 nitrogen and oxygen atoms in total. The molecule has 2 aromatic rings. The van der Waals surface area contributed by atoms with Crippen LogP contribution >= 0.6 is 0 Å². The molecule has 0 aromatic heterocycles. The van der Waals surface area contributed by atoms with Crippen LogP contribution in [0.1, 0.15) is 23.1 Å². The molecule has 0 aliphatic carbocycles. The predicted octanol–water partition coefficient (Wildman–Crippen LogP) is 2.70. The van der Waals surface area contributed by atoms with Crippen molar-refractivity contribution < 1.29 is 9.59 Å². The van der Waals surface area contributed by atoms with Crippen LogP contribution in [0.4, 0.5) is 0 Å². The molecule has 1 N–H and O–H groups in total. The van der Waals surface area contributed by atoms with Crippen molar-refractivity contribution in [3.05, 3.63) is 71.3 Å². The Labute approximate surface area is 148 Å². The molecule has 130 valence electrons. The van der Waals surface area contributed by atoms with E-state index in [0.717, 1.165) is 12.0 Å². The number of carbonyl (C=O) groups excluding carboxylic acids is 2. The Morgan fingerprint density at radius 2 is 1.80 bits per heavy atom. The minimum absolute atomic E-state index is 0.0179. The topological polar surface area (TPSA) is 49.4 Å². The van der Waals surface area contributed by atoms with Crippen molar-refractivity contribution in [3.8, 4) is 0 Å². The zero-order valence-corrected chi connectivity index (χ0v) is 14.6. The molecule has 1 aliphatic rings. The minimum atomic E-state index is -0.242. The highest BCUT2D eigenvalue weighted by Crippen LogP contribution is 2.20. The maximum atomic E-state index is 12.3. The van der Waals surface area contributed by atoms with Crippen LogP contribution in [0, 0.1) is 12.8 Å². The second kappa shape index (κ2) is 7.97. The zero-order valence-electron chi connectivity index (χ0n) is 14.6. The van der Waals surface area contributed by atoms with Crippen LogP contribution in [-0.4, -0.2) is 29.8 Å². The molecular formula is C21H24N2O2. The van der Waals surface area contributed by atoms with E-state index < -0.39 is 0 Å². The Kier molecular flexibility index (Phi) is 5.49. The van der Waals surface area contributed by atoms with Gasteiger partial charge < -0.3 is 10.2 Å². The Balaban J connectivity index is 1.47.